The maximum Gasteiger partial charge on any atom is 0.271 e. The van der Waals surface area contributed by atoms with Crippen molar-refractivity contribution in [3.05, 3.63) is 88.5 Å². The first kappa shape index (κ1) is 24.9. The molecule has 0 radical (unpaired) electrons. The number of ether oxygens (including phenoxy) is 1. The summed E-state index contributed by atoms with van der Waals surface area (Å²) in [6, 6.07) is 9.98. The van der Waals surface area contributed by atoms with E-state index in [1.54, 1.807) is 60.7 Å². The maximum absolute atomic E-state index is 15.1. The average Bonchev–Trinajstić information content (AvgIpc) is 3.51. The van der Waals surface area contributed by atoms with E-state index in [9.17, 15) is 9.59 Å². The molecule has 0 bridgehead atoms. The lowest BCUT2D eigenvalue weighted by Gasteiger charge is -2.18. The van der Waals surface area contributed by atoms with Crippen molar-refractivity contribution in [1.82, 2.24) is 25.0 Å². The van der Waals surface area contributed by atoms with Crippen molar-refractivity contribution in [2.45, 2.75) is 39.7 Å². The summed E-state index contributed by atoms with van der Waals surface area (Å²) in [4.78, 5) is 29.0. The van der Waals surface area contributed by atoms with Crippen LogP contribution in [0, 0.1) is 12.7 Å². The highest BCUT2D eigenvalue weighted by atomic mass is 19.1. The fraction of sp³-hybridized carbons (Fsp3) is 0.214. The highest BCUT2D eigenvalue weighted by Gasteiger charge is 2.17. The molecule has 0 spiro atoms. The summed E-state index contributed by atoms with van der Waals surface area (Å²) < 4.78 is 22.9. The number of aryl methyl sites for hydroxylation is 1. The fourth-order valence-corrected chi connectivity index (χ4v) is 4.12. The van der Waals surface area contributed by atoms with Gasteiger partial charge in [0.25, 0.3) is 5.56 Å². The number of halogens is 1. The summed E-state index contributed by atoms with van der Waals surface area (Å²) in [5.74, 6) is -0.120. The minimum atomic E-state index is -0.552. The smallest absolute Gasteiger partial charge is 0.271 e. The van der Waals surface area contributed by atoms with E-state index in [1.807, 2.05) is 26.8 Å². The molecule has 0 atom stereocenters. The molecule has 194 valence electrons. The highest BCUT2D eigenvalue weighted by Crippen LogP contribution is 2.34. The number of anilines is 1. The minimum Gasteiger partial charge on any atom is -0.456 e. The Labute approximate surface area is 217 Å². The molecule has 3 aromatic heterocycles. The summed E-state index contributed by atoms with van der Waals surface area (Å²) >= 11 is 0. The number of aromatic amines is 2. The number of fused-ring (bicyclic) bond motifs is 1. The van der Waals surface area contributed by atoms with Gasteiger partial charge in [-0.3, -0.25) is 24.4 Å². The van der Waals surface area contributed by atoms with Crippen LogP contribution in [-0.4, -0.2) is 30.9 Å². The zero-order valence-corrected chi connectivity index (χ0v) is 21.4. The van der Waals surface area contributed by atoms with Crippen molar-refractivity contribution in [1.29, 1.82) is 0 Å². The van der Waals surface area contributed by atoms with Crippen LogP contribution < -0.4 is 15.6 Å². The Bertz CT molecular complexity index is 1710. The number of aromatic nitrogens is 5. The van der Waals surface area contributed by atoms with Crippen molar-refractivity contribution in [2.24, 2.45) is 0 Å². The van der Waals surface area contributed by atoms with E-state index in [2.05, 4.69) is 25.6 Å². The second kappa shape index (κ2) is 9.62. The fourth-order valence-electron chi connectivity index (χ4n) is 4.12. The summed E-state index contributed by atoms with van der Waals surface area (Å²) in [6.45, 7) is 7.80. The van der Waals surface area contributed by atoms with Crippen molar-refractivity contribution in [2.75, 3.05) is 5.32 Å². The molecule has 0 aliphatic rings. The molecule has 2 aromatic carbocycles. The van der Waals surface area contributed by atoms with E-state index < -0.39 is 5.82 Å². The first-order valence-corrected chi connectivity index (χ1v) is 12.1. The van der Waals surface area contributed by atoms with Gasteiger partial charge < -0.3 is 15.2 Å². The lowest BCUT2D eigenvalue weighted by Crippen LogP contribution is -2.22. The Hall–Kier alpha value is -4.73. The van der Waals surface area contributed by atoms with E-state index in [0.29, 0.717) is 44.8 Å². The van der Waals surface area contributed by atoms with Crippen molar-refractivity contribution < 1.29 is 13.9 Å². The minimum absolute atomic E-state index is 0.138. The van der Waals surface area contributed by atoms with Gasteiger partial charge in [0.2, 0.25) is 5.91 Å². The molecular weight excluding hydrogens is 487 g/mol. The van der Waals surface area contributed by atoms with E-state index in [-0.39, 0.29) is 29.0 Å². The predicted octanol–water partition coefficient (Wildman–Crippen LogP) is 5.29. The van der Waals surface area contributed by atoms with Crippen molar-refractivity contribution in [3.63, 3.8) is 0 Å². The molecule has 0 saturated heterocycles. The van der Waals surface area contributed by atoms with Crippen LogP contribution in [0.5, 0.6) is 11.5 Å². The van der Waals surface area contributed by atoms with Gasteiger partial charge >= 0.3 is 0 Å². The third-order valence-corrected chi connectivity index (χ3v) is 6.13. The van der Waals surface area contributed by atoms with Gasteiger partial charge in [0.15, 0.2) is 0 Å². The van der Waals surface area contributed by atoms with Crippen molar-refractivity contribution >= 4 is 22.5 Å². The average molecular weight is 515 g/mol. The first-order valence-electron chi connectivity index (χ1n) is 12.1. The number of rotatable bonds is 6. The molecule has 10 heteroatoms. The normalized spacial score (nSPS) is 11.6. The van der Waals surface area contributed by atoms with E-state index >= 15 is 4.39 Å². The molecule has 0 aliphatic heterocycles. The van der Waals surface area contributed by atoms with Gasteiger partial charge in [0.05, 0.1) is 34.9 Å². The number of nitrogens with one attached hydrogen (secondary N) is 3. The van der Waals surface area contributed by atoms with Gasteiger partial charge in [0.1, 0.15) is 17.3 Å². The van der Waals surface area contributed by atoms with Crippen LogP contribution >= 0.6 is 0 Å². The van der Waals surface area contributed by atoms with E-state index in [1.165, 1.54) is 6.07 Å². The number of hydrogen-bond donors (Lipinski definition) is 3. The van der Waals surface area contributed by atoms with Crippen LogP contribution in [0.15, 0.2) is 66.0 Å². The molecule has 5 rings (SSSR count). The highest BCUT2D eigenvalue weighted by molar-refractivity contribution is 5.92. The molecule has 3 N–H and O–H groups in total. The first-order chi connectivity index (χ1) is 18.1. The lowest BCUT2D eigenvalue weighted by atomic mass is 10.1. The number of pyridine rings is 1. The Morgan fingerprint density at radius 3 is 2.68 bits per heavy atom. The van der Waals surface area contributed by atoms with Crippen LogP contribution in [0.4, 0.5) is 10.1 Å². The van der Waals surface area contributed by atoms with E-state index in [4.69, 9.17) is 4.74 Å². The molecule has 0 saturated carbocycles. The van der Waals surface area contributed by atoms with Gasteiger partial charge in [-0.1, -0.05) is 6.07 Å². The molecule has 0 unspecified atom stereocenters. The summed E-state index contributed by atoms with van der Waals surface area (Å²) in [5, 5.41) is 12.9. The Balaban J connectivity index is 1.37. The SMILES string of the molecule is Cc1cc(CC(=O)Nc2cnn(C(C)(C)C)c2)c(F)cc1Oc1ccnc2ccc(-c3c[nH][nH]c3=O)cc12. The number of H-pyrrole nitrogens is 2. The number of carbonyl (C=O) groups is 1. The van der Waals surface area contributed by atoms with Gasteiger partial charge in [-0.2, -0.15) is 5.10 Å². The van der Waals surface area contributed by atoms with Crippen LogP contribution in [0.1, 0.15) is 31.9 Å². The topological polar surface area (TPSA) is 118 Å². The Morgan fingerprint density at radius 2 is 1.97 bits per heavy atom. The third-order valence-electron chi connectivity index (χ3n) is 6.13. The third kappa shape index (κ3) is 5.06. The number of hydrogen-bond acceptors (Lipinski definition) is 5. The van der Waals surface area contributed by atoms with Crippen molar-refractivity contribution in [3.8, 4) is 22.6 Å². The molecule has 0 aliphatic carbocycles. The largest absolute Gasteiger partial charge is 0.456 e. The van der Waals surface area contributed by atoms with E-state index in [0.717, 1.165) is 0 Å². The summed E-state index contributed by atoms with van der Waals surface area (Å²) in [5.41, 5.74) is 2.85. The second-order valence-corrected chi connectivity index (χ2v) is 10.1. The molecule has 1 amide bonds. The zero-order chi connectivity index (χ0) is 27.0. The number of benzene rings is 2. The van der Waals surface area contributed by atoms with Gasteiger partial charge in [0, 0.05) is 30.0 Å². The lowest BCUT2D eigenvalue weighted by molar-refractivity contribution is -0.115. The van der Waals surface area contributed by atoms with Gasteiger partial charge in [-0.25, -0.2) is 4.39 Å². The number of amides is 1. The quantitative estimate of drug-likeness (QED) is 0.285. The summed E-state index contributed by atoms with van der Waals surface area (Å²) in [7, 11) is 0. The van der Waals surface area contributed by atoms with Crippen LogP contribution in [0.3, 0.4) is 0 Å². The van der Waals surface area contributed by atoms with Crippen LogP contribution in [0.2, 0.25) is 0 Å². The molecular formula is C28H27FN6O3. The predicted molar refractivity (Wildman–Crippen MR) is 143 cm³/mol. The molecule has 5 aromatic rings. The van der Waals surface area contributed by atoms with Crippen LogP contribution in [-0.2, 0) is 16.8 Å². The number of carbonyl (C=O) groups excluding carboxylic acids is 1. The zero-order valence-electron chi connectivity index (χ0n) is 21.4. The maximum atomic E-state index is 15.1. The van der Waals surface area contributed by atoms with Gasteiger partial charge in [-0.05, 0) is 68.7 Å². The molecule has 9 nitrogen and oxygen atoms in total. The standard InChI is InChI=1S/C28H27FN6O3/c1-16-9-18(11-26(36)33-19-13-32-35(15-19)28(2,3)4)22(29)12-25(16)38-24-7-8-30-23-6-5-17(10-20(23)24)21-14-31-34-27(21)37/h5-10,12-15H,11H2,1-4H3,(H,33,36)(H2,31,34,37). The second-order valence-electron chi connectivity index (χ2n) is 10.1. The summed E-state index contributed by atoms with van der Waals surface area (Å²) in [6.07, 6.45) is 6.36. The monoisotopic (exact) mass is 514 g/mol. The molecule has 38 heavy (non-hydrogen) atoms. The molecule has 3 heterocycles. The van der Waals surface area contributed by atoms with Gasteiger partial charge in [-0.15, -0.1) is 0 Å². The van der Waals surface area contributed by atoms with Crippen LogP contribution in [0.25, 0.3) is 22.0 Å². The Kier molecular flexibility index (Phi) is 6.31. The molecule has 0 fully saturated rings. The number of nitrogens with zero attached hydrogens (tertiary/aromatic N) is 3. The Morgan fingerprint density at radius 1 is 1.16 bits per heavy atom.